The van der Waals surface area contributed by atoms with Gasteiger partial charge in [-0.2, -0.15) is 0 Å². The number of carbonyl (C=O) groups is 3. The summed E-state index contributed by atoms with van der Waals surface area (Å²) >= 11 is 12.8. The molecular formula is C16H16Cl2N2O3S. The lowest BCUT2D eigenvalue weighted by Crippen LogP contribution is -2.38. The third kappa shape index (κ3) is 4.53. The Morgan fingerprint density at radius 3 is 2.67 bits per heavy atom. The summed E-state index contributed by atoms with van der Waals surface area (Å²) in [5.41, 5.74) is 0.611. The molecule has 0 aromatic heterocycles. The topological polar surface area (TPSA) is 66.5 Å². The van der Waals surface area contributed by atoms with Crippen LogP contribution in [0.25, 0.3) is 6.08 Å². The summed E-state index contributed by atoms with van der Waals surface area (Å²) in [6.07, 6.45) is 1.57. The predicted molar refractivity (Wildman–Crippen MR) is 97.0 cm³/mol. The first-order valence-electron chi connectivity index (χ1n) is 7.27. The van der Waals surface area contributed by atoms with Gasteiger partial charge >= 0.3 is 0 Å². The zero-order valence-corrected chi connectivity index (χ0v) is 15.5. The van der Waals surface area contributed by atoms with Crippen molar-refractivity contribution < 1.29 is 14.4 Å². The highest BCUT2D eigenvalue weighted by atomic mass is 35.5. The van der Waals surface area contributed by atoms with E-state index in [1.165, 1.54) is 0 Å². The Bertz CT molecular complexity index is 719. The minimum absolute atomic E-state index is 0.120. The molecule has 1 saturated heterocycles. The zero-order valence-electron chi connectivity index (χ0n) is 13.1. The molecule has 0 bridgehead atoms. The summed E-state index contributed by atoms with van der Waals surface area (Å²) in [5, 5.41) is 3.21. The van der Waals surface area contributed by atoms with Crippen LogP contribution in [0.2, 0.25) is 10.0 Å². The highest BCUT2D eigenvalue weighted by molar-refractivity contribution is 8.18. The van der Waals surface area contributed by atoms with Gasteiger partial charge in [-0.05, 0) is 35.5 Å². The van der Waals surface area contributed by atoms with Gasteiger partial charge in [0, 0.05) is 29.1 Å². The monoisotopic (exact) mass is 386 g/mol. The maximum atomic E-state index is 12.3. The summed E-state index contributed by atoms with van der Waals surface area (Å²) in [5.74, 6) is -0.660. The molecule has 1 aromatic rings. The van der Waals surface area contributed by atoms with Gasteiger partial charge in [-0.3, -0.25) is 19.3 Å². The third-order valence-corrected chi connectivity index (χ3v) is 4.75. The van der Waals surface area contributed by atoms with Gasteiger partial charge in [0.05, 0.1) is 4.91 Å². The molecule has 0 radical (unpaired) electrons. The van der Waals surface area contributed by atoms with E-state index in [-0.39, 0.29) is 30.2 Å². The Hall–Kier alpha value is -1.50. The molecular weight excluding hydrogens is 371 g/mol. The van der Waals surface area contributed by atoms with Crippen LogP contribution in [0, 0.1) is 5.92 Å². The molecule has 0 unspecified atom stereocenters. The zero-order chi connectivity index (χ0) is 17.9. The van der Waals surface area contributed by atoms with Gasteiger partial charge in [0.1, 0.15) is 0 Å². The van der Waals surface area contributed by atoms with Crippen LogP contribution in [0.1, 0.15) is 19.4 Å². The number of thioether (sulfide) groups is 1. The summed E-state index contributed by atoms with van der Waals surface area (Å²) < 4.78 is 0. The minimum Gasteiger partial charge on any atom is -0.354 e. The standard InChI is InChI=1S/C16H16Cl2N2O3S/c1-9(2)14(21)19-5-6-20-15(22)13(24-16(20)23)7-10-3-4-11(17)8-12(10)18/h3-4,7-9H,5-6H2,1-2H3,(H,19,21). The molecule has 3 amide bonds. The number of amides is 3. The fourth-order valence-electron chi connectivity index (χ4n) is 1.95. The number of nitrogens with zero attached hydrogens (tertiary/aromatic N) is 1. The van der Waals surface area contributed by atoms with Crippen LogP contribution in [-0.4, -0.2) is 35.0 Å². The SMILES string of the molecule is CC(C)C(=O)NCCN1C(=O)SC(=Cc2ccc(Cl)cc2Cl)C1=O. The van der Waals surface area contributed by atoms with Crippen molar-refractivity contribution in [3.63, 3.8) is 0 Å². The Labute approximate surface area is 154 Å². The van der Waals surface area contributed by atoms with Gasteiger partial charge in [0.2, 0.25) is 5.91 Å². The maximum Gasteiger partial charge on any atom is 0.293 e. The van der Waals surface area contributed by atoms with Crippen molar-refractivity contribution in [3.05, 3.63) is 38.7 Å². The van der Waals surface area contributed by atoms with E-state index < -0.39 is 5.91 Å². The summed E-state index contributed by atoms with van der Waals surface area (Å²) in [6, 6.07) is 4.91. The Kier molecular flexibility index (Phi) is 6.32. The first kappa shape index (κ1) is 18.8. The molecule has 8 heteroatoms. The van der Waals surface area contributed by atoms with Gasteiger partial charge < -0.3 is 5.32 Å². The highest BCUT2D eigenvalue weighted by Gasteiger charge is 2.34. The van der Waals surface area contributed by atoms with Crippen molar-refractivity contribution in [2.45, 2.75) is 13.8 Å². The molecule has 1 fully saturated rings. The first-order chi connectivity index (χ1) is 11.3. The Morgan fingerprint density at radius 1 is 1.33 bits per heavy atom. The normalized spacial score (nSPS) is 16.4. The lowest BCUT2D eigenvalue weighted by atomic mass is 10.2. The van der Waals surface area contributed by atoms with Crippen molar-refractivity contribution in [1.29, 1.82) is 0 Å². The summed E-state index contributed by atoms with van der Waals surface area (Å²) in [4.78, 5) is 37.2. The number of carbonyl (C=O) groups excluding carboxylic acids is 3. The van der Waals surface area contributed by atoms with Crippen LogP contribution in [0.4, 0.5) is 4.79 Å². The van der Waals surface area contributed by atoms with Gasteiger partial charge in [0.15, 0.2) is 0 Å². The molecule has 0 saturated carbocycles. The smallest absolute Gasteiger partial charge is 0.293 e. The third-order valence-electron chi connectivity index (χ3n) is 3.28. The molecule has 0 aliphatic carbocycles. The minimum atomic E-state index is -0.394. The number of hydrogen-bond donors (Lipinski definition) is 1. The van der Waals surface area contributed by atoms with Gasteiger partial charge in [-0.15, -0.1) is 0 Å². The molecule has 128 valence electrons. The van der Waals surface area contributed by atoms with Crippen molar-refractivity contribution >= 4 is 58.1 Å². The molecule has 1 aromatic carbocycles. The van der Waals surface area contributed by atoms with Crippen LogP contribution >= 0.6 is 35.0 Å². The van der Waals surface area contributed by atoms with E-state index in [0.29, 0.717) is 20.5 Å². The van der Waals surface area contributed by atoms with E-state index in [0.717, 1.165) is 16.7 Å². The number of rotatable bonds is 5. The van der Waals surface area contributed by atoms with Crippen LogP contribution in [0.15, 0.2) is 23.1 Å². The molecule has 5 nitrogen and oxygen atoms in total. The second-order valence-electron chi connectivity index (χ2n) is 5.44. The van der Waals surface area contributed by atoms with E-state index in [4.69, 9.17) is 23.2 Å². The molecule has 1 aliphatic rings. The van der Waals surface area contributed by atoms with E-state index in [9.17, 15) is 14.4 Å². The van der Waals surface area contributed by atoms with Crippen LogP contribution < -0.4 is 5.32 Å². The summed E-state index contributed by atoms with van der Waals surface area (Å²) in [6.45, 7) is 3.90. The predicted octanol–water partition coefficient (Wildman–Crippen LogP) is 3.80. The van der Waals surface area contributed by atoms with E-state index in [1.807, 2.05) is 0 Å². The van der Waals surface area contributed by atoms with Gasteiger partial charge in [-0.25, -0.2) is 0 Å². The van der Waals surface area contributed by atoms with Crippen molar-refractivity contribution in [2.24, 2.45) is 5.92 Å². The fourth-order valence-corrected chi connectivity index (χ4v) is 3.27. The number of halogens is 2. The van der Waals surface area contributed by atoms with E-state index in [1.54, 1.807) is 38.1 Å². The molecule has 2 rings (SSSR count). The molecule has 1 aliphatic heterocycles. The van der Waals surface area contributed by atoms with Crippen molar-refractivity contribution in [3.8, 4) is 0 Å². The van der Waals surface area contributed by atoms with Crippen LogP contribution in [0.5, 0.6) is 0 Å². The summed E-state index contributed by atoms with van der Waals surface area (Å²) in [7, 11) is 0. The Morgan fingerprint density at radius 2 is 2.04 bits per heavy atom. The van der Waals surface area contributed by atoms with E-state index >= 15 is 0 Å². The number of benzene rings is 1. The van der Waals surface area contributed by atoms with Crippen molar-refractivity contribution in [1.82, 2.24) is 10.2 Å². The second kappa shape index (κ2) is 8.05. The number of imide groups is 1. The van der Waals surface area contributed by atoms with Crippen molar-refractivity contribution in [2.75, 3.05) is 13.1 Å². The highest BCUT2D eigenvalue weighted by Crippen LogP contribution is 2.33. The van der Waals surface area contributed by atoms with Crippen LogP contribution in [-0.2, 0) is 9.59 Å². The number of nitrogens with one attached hydrogen (secondary N) is 1. The fraction of sp³-hybridized carbons (Fsp3) is 0.312. The second-order valence-corrected chi connectivity index (χ2v) is 7.28. The average Bonchev–Trinajstić information content (AvgIpc) is 2.77. The maximum absolute atomic E-state index is 12.3. The molecule has 24 heavy (non-hydrogen) atoms. The molecule has 0 spiro atoms. The largest absolute Gasteiger partial charge is 0.354 e. The van der Waals surface area contributed by atoms with Gasteiger partial charge in [0.25, 0.3) is 11.1 Å². The quantitative estimate of drug-likeness (QED) is 0.781. The molecule has 0 atom stereocenters. The number of hydrogen-bond acceptors (Lipinski definition) is 4. The first-order valence-corrected chi connectivity index (χ1v) is 8.85. The molecule has 1 heterocycles. The average molecular weight is 387 g/mol. The van der Waals surface area contributed by atoms with E-state index in [2.05, 4.69) is 5.32 Å². The lowest BCUT2D eigenvalue weighted by molar-refractivity contribution is -0.125. The van der Waals surface area contributed by atoms with Crippen LogP contribution in [0.3, 0.4) is 0 Å². The Balaban J connectivity index is 2.05. The van der Waals surface area contributed by atoms with Gasteiger partial charge in [-0.1, -0.05) is 43.1 Å². The molecule has 1 N–H and O–H groups in total. The lowest BCUT2D eigenvalue weighted by Gasteiger charge is -2.13.